The van der Waals surface area contributed by atoms with E-state index in [0.717, 1.165) is 25.0 Å². The van der Waals surface area contributed by atoms with Crippen LogP contribution in [-0.4, -0.2) is 35.5 Å². The summed E-state index contributed by atoms with van der Waals surface area (Å²) in [5.74, 6) is -0.272. The van der Waals surface area contributed by atoms with Crippen LogP contribution >= 0.6 is 11.8 Å². The van der Waals surface area contributed by atoms with Gasteiger partial charge in [-0.2, -0.15) is 11.8 Å². The number of carbonyl (C=O) groups is 2. The van der Waals surface area contributed by atoms with Crippen LogP contribution in [0.15, 0.2) is 0 Å². The fourth-order valence-electron chi connectivity index (χ4n) is 1.90. The molecule has 5 heteroatoms. The molecule has 0 bridgehead atoms. The minimum atomic E-state index is -0.769. The molecular weight excluding hydrogens is 226 g/mol. The van der Waals surface area contributed by atoms with E-state index in [1.807, 2.05) is 11.8 Å². The Labute approximate surface area is 100 Å². The van der Waals surface area contributed by atoms with Crippen LogP contribution in [0, 0.1) is 0 Å². The molecule has 0 aromatic carbocycles. The summed E-state index contributed by atoms with van der Waals surface area (Å²) >= 11 is 1.92. The van der Waals surface area contributed by atoms with Crippen LogP contribution < -0.4 is 5.32 Å². The molecule has 0 spiro atoms. The molecule has 0 aromatic heterocycles. The van der Waals surface area contributed by atoms with Crippen molar-refractivity contribution in [3.8, 4) is 0 Å². The molecule has 1 saturated carbocycles. The predicted molar refractivity (Wildman–Crippen MR) is 64.3 cm³/mol. The molecular formula is C11H19NO3S. The minimum Gasteiger partial charge on any atom is -0.459 e. The van der Waals surface area contributed by atoms with E-state index in [-0.39, 0.29) is 12.6 Å². The van der Waals surface area contributed by atoms with Crippen LogP contribution in [0.25, 0.3) is 0 Å². The zero-order valence-electron chi connectivity index (χ0n) is 9.82. The fraction of sp³-hybridized carbons (Fsp3) is 0.818. The number of hydrogen-bond donors (Lipinski definition) is 1. The maximum atomic E-state index is 11.4. The van der Waals surface area contributed by atoms with Crippen molar-refractivity contribution < 1.29 is 14.3 Å². The van der Waals surface area contributed by atoms with Crippen molar-refractivity contribution in [1.29, 1.82) is 0 Å². The number of ether oxygens (including phenoxy) is 1. The van der Waals surface area contributed by atoms with Crippen molar-refractivity contribution in [2.45, 2.75) is 44.4 Å². The maximum Gasteiger partial charge on any atom is 0.396 e. The summed E-state index contributed by atoms with van der Waals surface area (Å²) in [4.78, 5) is 22.5. The molecule has 0 aromatic rings. The number of rotatable bonds is 4. The average Bonchev–Trinajstić information content (AvgIpc) is 2.66. The van der Waals surface area contributed by atoms with Gasteiger partial charge in [0, 0.05) is 11.3 Å². The number of amides is 1. The van der Waals surface area contributed by atoms with Gasteiger partial charge in [0.1, 0.15) is 0 Å². The summed E-state index contributed by atoms with van der Waals surface area (Å²) in [6.07, 6.45) is 3.04. The summed E-state index contributed by atoms with van der Waals surface area (Å²) in [6.45, 7) is 4.06. The van der Waals surface area contributed by atoms with Crippen LogP contribution in [0.4, 0.5) is 0 Å². The summed E-state index contributed by atoms with van der Waals surface area (Å²) in [7, 11) is 0. The molecule has 0 saturated heterocycles. The Morgan fingerprint density at radius 3 is 2.75 bits per heavy atom. The summed E-state index contributed by atoms with van der Waals surface area (Å²) in [5, 5.41) is 3.35. The molecule has 4 nitrogen and oxygen atoms in total. The van der Waals surface area contributed by atoms with Gasteiger partial charge in [0.25, 0.3) is 0 Å². The summed E-state index contributed by atoms with van der Waals surface area (Å²) < 4.78 is 4.63. The van der Waals surface area contributed by atoms with Crippen molar-refractivity contribution in [2.24, 2.45) is 0 Å². The van der Waals surface area contributed by atoms with E-state index in [2.05, 4.69) is 17.0 Å². The quantitative estimate of drug-likeness (QED) is 0.600. The van der Waals surface area contributed by atoms with Gasteiger partial charge in [-0.05, 0) is 31.9 Å². The van der Waals surface area contributed by atoms with Crippen LogP contribution in [0.2, 0.25) is 0 Å². The number of thioether (sulfide) groups is 1. The molecule has 1 fully saturated rings. The zero-order valence-corrected chi connectivity index (χ0v) is 10.6. The van der Waals surface area contributed by atoms with Crippen LogP contribution in [-0.2, 0) is 14.3 Å². The van der Waals surface area contributed by atoms with Gasteiger partial charge in [-0.3, -0.25) is 4.79 Å². The van der Waals surface area contributed by atoms with E-state index in [4.69, 9.17) is 0 Å². The summed E-state index contributed by atoms with van der Waals surface area (Å²) in [6, 6.07) is 0.140. The lowest BCUT2D eigenvalue weighted by atomic mass is 10.2. The van der Waals surface area contributed by atoms with E-state index in [9.17, 15) is 9.59 Å². The Morgan fingerprint density at radius 1 is 1.38 bits per heavy atom. The van der Waals surface area contributed by atoms with Gasteiger partial charge in [0.2, 0.25) is 0 Å². The highest BCUT2D eigenvalue weighted by atomic mass is 32.2. The molecule has 2 unspecified atom stereocenters. The number of nitrogens with one attached hydrogen (secondary N) is 1. The predicted octanol–water partition coefficient (Wildman–Crippen LogP) is 1.34. The smallest absolute Gasteiger partial charge is 0.396 e. The Hall–Kier alpha value is -0.710. The van der Waals surface area contributed by atoms with E-state index in [0.29, 0.717) is 5.25 Å². The van der Waals surface area contributed by atoms with Gasteiger partial charge in [-0.15, -0.1) is 0 Å². The highest BCUT2D eigenvalue weighted by molar-refractivity contribution is 7.99. The molecule has 0 radical (unpaired) electrons. The molecule has 1 amide bonds. The van der Waals surface area contributed by atoms with Crippen molar-refractivity contribution >= 4 is 23.6 Å². The molecule has 1 N–H and O–H groups in total. The molecule has 1 rings (SSSR count). The van der Waals surface area contributed by atoms with Gasteiger partial charge in [-0.1, -0.05) is 6.92 Å². The largest absolute Gasteiger partial charge is 0.459 e. The second kappa shape index (κ2) is 6.78. The second-order valence-corrected chi connectivity index (χ2v) is 5.36. The molecule has 16 heavy (non-hydrogen) atoms. The van der Waals surface area contributed by atoms with Crippen molar-refractivity contribution in [3.05, 3.63) is 0 Å². The first-order valence-corrected chi connectivity index (χ1v) is 6.81. The molecule has 1 aliphatic carbocycles. The van der Waals surface area contributed by atoms with Crippen molar-refractivity contribution in [1.82, 2.24) is 5.32 Å². The van der Waals surface area contributed by atoms with Gasteiger partial charge in [-0.25, -0.2) is 4.79 Å². The number of carbonyl (C=O) groups excluding carboxylic acids is 2. The Balaban J connectivity index is 2.28. The lowest BCUT2D eigenvalue weighted by molar-refractivity contribution is -0.154. The Morgan fingerprint density at radius 2 is 2.12 bits per heavy atom. The third-order valence-electron chi connectivity index (χ3n) is 2.58. The van der Waals surface area contributed by atoms with Crippen molar-refractivity contribution in [3.63, 3.8) is 0 Å². The van der Waals surface area contributed by atoms with Gasteiger partial charge in [0.05, 0.1) is 6.61 Å². The topological polar surface area (TPSA) is 55.4 Å². The zero-order chi connectivity index (χ0) is 12.0. The normalized spacial score (nSPS) is 24.1. The van der Waals surface area contributed by atoms with Crippen LogP contribution in [0.5, 0.6) is 0 Å². The SMILES string of the molecule is CCOC(=O)C(=O)NC1CCC(SCC)C1. The minimum absolute atomic E-state index is 0.140. The monoisotopic (exact) mass is 245 g/mol. The summed E-state index contributed by atoms with van der Waals surface area (Å²) in [5.41, 5.74) is 0. The maximum absolute atomic E-state index is 11.4. The first kappa shape index (κ1) is 13.4. The molecule has 0 heterocycles. The van der Waals surface area contributed by atoms with Crippen LogP contribution in [0.1, 0.15) is 33.1 Å². The lowest BCUT2D eigenvalue weighted by Gasteiger charge is -2.12. The van der Waals surface area contributed by atoms with E-state index in [1.54, 1.807) is 6.92 Å². The fourth-order valence-corrected chi connectivity index (χ4v) is 3.04. The lowest BCUT2D eigenvalue weighted by Crippen LogP contribution is -2.39. The number of hydrogen-bond acceptors (Lipinski definition) is 4. The standard InChI is InChI=1S/C11H19NO3S/c1-3-15-11(14)10(13)12-8-5-6-9(7-8)16-4-2/h8-9H,3-7H2,1-2H3,(H,12,13). The Kier molecular flexibility index (Phi) is 5.66. The van der Waals surface area contributed by atoms with Gasteiger partial charge < -0.3 is 10.1 Å². The number of esters is 1. The van der Waals surface area contributed by atoms with Gasteiger partial charge >= 0.3 is 11.9 Å². The van der Waals surface area contributed by atoms with Crippen LogP contribution in [0.3, 0.4) is 0 Å². The average molecular weight is 245 g/mol. The van der Waals surface area contributed by atoms with E-state index < -0.39 is 11.9 Å². The molecule has 92 valence electrons. The Bertz CT molecular complexity index is 258. The van der Waals surface area contributed by atoms with E-state index in [1.165, 1.54) is 0 Å². The van der Waals surface area contributed by atoms with Gasteiger partial charge in [0.15, 0.2) is 0 Å². The second-order valence-electron chi connectivity index (χ2n) is 3.78. The highest BCUT2D eigenvalue weighted by Gasteiger charge is 2.27. The molecule has 1 aliphatic rings. The first-order valence-electron chi connectivity index (χ1n) is 5.76. The molecule has 2 atom stereocenters. The third-order valence-corrected chi connectivity index (χ3v) is 3.82. The third kappa shape index (κ3) is 4.04. The van der Waals surface area contributed by atoms with Crippen molar-refractivity contribution in [2.75, 3.05) is 12.4 Å². The first-order chi connectivity index (χ1) is 7.67. The van der Waals surface area contributed by atoms with E-state index >= 15 is 0 Å². The molecule has 0 aliphatic heterocycles. The highest BCUT2D eigenvalue weighted by Crippen LogP contribution is 2.29.